The number of rotatable bonds is 3. The highest BCUT2D eigenvalue weighted by atomic mass is 35.5. The van der Waals surface area contributed by atoms with Crippen LogP contribution in [0.25, 0.3) is 0 Å². The molecule has 2 heterocycles. The zero-order valence-corrected chi connectivity index (χ0v) is 15.4. The second-order valence-corrected chi connectivity index (χ2v) is 7.76. The molecule has 3 aliphatic rings. The Bertz CT molecular complexity index is 579. The summed E-state index contributed by atoms with van der Waals surface area (Å²) in [5, 5.41) is 3.67. The Balaban J connectivity index is 0.00000169. The highest BCUT2D eigenvalue weighted by molar-refractivity contribution is 5.85. The van der Waals surface area contributed by atoms with E-state index in [1.807, 2.05) is 7.05 Å². The van der Waals surface area contributed by atoms with Crippen molar-refractivity contribution in [3.05, 3.63) is 35.4 Å². The van der Waals surface area contributed by atoms with Crippen LogP contribution in [-0.4, -0.2) is 36.0 Å². The summed E-state index contributed by atoms with van der Waals surface area (Å²) in [6.45, 7) is 0. The van der Waals surface area contributed by atoms with E-state index in [9.17, 15) is 4.79 Å². The first-order valence-electron chi connectivity index (χ1n) is 9.30. The number of nitrogens with one attached hydrogen (secondary N) is 1. The fourth-order valence-corrected chi connectivity index (χ4v) is 4.97. The molecule has 2 saturated heterocycles. The van der Waals surface area contributed by atoms with Crippen LogP contribution in [0.1, 0.15) is 62.0 Å². The van der Waals surface area contributed by atoms with Crippen LogP contribution in [-0.2, 0) is 11.2 Å². The van der Waals surface area contributed by atoms with Crippen molar-refractivity contribution in [1.82, 2.24) is 10.2 Å². The zero-order valence-electron chi connectivity index (χ0n) is 14.5. The third-order valence-electron chi connectivity index (χ3n) is 6.30. The molecule has 0 aromatic heterocycles. The lowest BCUT2D eigenvalue weighted by molar-refractivity contribution is -0.133. The van der Waals surface area contributed by atoms with Crippen molar-refractivity contribution in [2.24, 2.45) is 0 Å². The first kappa shape index (κ1) is 17.8. The molecule has 132 valence electrons. The molecule has 2 bridgehead atoms. The third kappa shape index (κ3) is 3.48. The van der Waals surface area contributed by atoms with E-state index in [-0.39, 0.29) is 12.4 Å². The largest absolute Gasteiger partial charge is 0.343 e. The van der Waals surface area contributed by atoms with Crippen LogP contribution in [0.5, 0.6) is 0 Å². The maximum Gasteiger partial charge on any atom is 0.223 e. The van der Waals surface area contributed by atoms with E-state index < -0.39 is 0 Å². The summed E-state index contributed by atoms with van der Waals surface area (Å²) in [5.74, 6) is 0.770. The Kier molecular flexibility index (Phi) is 5.51. The molecule has 3 unspecified atom stereocenters. The molecular weight excluding hydrogens is 320 g/mol. The second kappa shape index (κ2) is 7.45. The number of aryl methyl sites for hydroxylation is 1. The Morgan fingerprint density at radius 1 is 1.17 bits per heavy atom. The number of benzene rings is 1. The number of amides is 1. The van der Waals surface area contributed by atoms with Gasteiger partial charge >= 0.3 is 0 Å². The topological polar surface area (TPSA) is 32.3 Å². The first-order valence-corrected chi connectivity index (χ1v) is 9.30. The van der Waals surface area contributed by atoms with Crippen LogP contribution >= 0.6 is 12.4 Å². The van der Waals surface area contributed by atoms with Crippen molar-refractivity contribution in [1.29, 1.82) is 0 Å². The standard InChI is InChI=1S/C20H28N2O.ClH/c1-22(18-12-16-9-10-17(13-18)21-16)20(23)11-15-7-4-6-14-5-2-3-8-19(14)15;/h2-3,5,8,15-18,21H,4,6-7,9-13H2,1H3;1H. The van der Waals surface area contributed by atoms with Gasteiger partial charge in [-0.05, 0) is 62.0 Å². The van der Waals surface area contributed by atoms with Crippen LogP contribution in [0.2, 0.25) is 0 Å². The van der Waals surface area contributed by atoms with E-state index in [0.29, 0.717) is 36.4 Å². The normalized spacial score (nSPS) is 31.0. The lowest BCUT2D eigenvalue weighted by atomic mass is 9.81. The smallest absolute Gasteiger partial charge is 0.223 e. The maximum atomic E-state index is 12.9. The summed E-state index contributed by atoms with van der Waals surface area (Å²) in [6.07, 6.45) is 9.10. The average molecular weight is 349 g/mol. The van der Waals surface area contributed by atoms with Crippen molar-refractivity contribution < 1.29 is 4.79 Å². The minimum atomic E-state index is 0. The lowest BCUT2D eigenvalue weighted by Gasteiger charge is -2.36. The summed E-state index contributed by atoms with van der Waals surface area (Å²) in [6, 6.07) is 10.4. The molecule has 0 spiro atoms. The van der Waals surface area contributed by atoms with E-state index in [1.54, 1.807) is 0 Å². The van der Waals surface area contributed by atoms with Crippen LogP contribution in [0.3, 0.4) is 0 Å². The monoisotopic (exact) mass is 348 g/mol. The molecule has 3 nitrogen and oxygen atoms in total. The minimum Gasteiger partial charge on any atom is -0.343 e. The highest BCUT2D eigenvalue weighted by Crippen LogP contribution is 2.35. The second-order valence-electron chi connectivity index (χ2n) is 7.76. The Morgan fingerprint density at radius 3 is 2.62 bits per heavy atom. The van der Waals surface area contributed by atoms with E-state index in [0.717, 1.165) is 19.3 Å². The molecule has 4 rings (SSSR count). The number of carbonyl (C=O) groups is 1. The van der Waals surface area contributed by atoms with Crippen molar-refractivity contribution in [2.45, 2.75) is 75.4 Å². The Hall–Kier alpha value is -1.06. The summed E-state index contributed by atoms with van der Waals surface area (Å²) in [5.41, 5.74) is 2.88. The SMILES string of the molecule is CN(C(=O)CC1CCCc2ccccc21)C1CC2CCC(C1)N2.Cl. The van der Waals surface area contributed by atoms with E-state index >= 15 is 0 Å². The van der Waals surface area contributed by atoms with Gasteiger partial charge in [0.05, 0.1) is 0 Å². The number of fused-ring (bicyclic) bond motifs is 3. The van der Waals surface area contributed by atoms with Gasteiger partial charge in [-0.1, -0.05) is 24.3 Å². The van der Waals surface area contributed by atoms with Gasteiger partial charge in [0.25, 0.3) is 0 Å². The van der Waals surface area contributed by atoms with Crippen molar-refractivity contribution in [3.63, 3.8) is 0 Å². The fourth-order valence-electron chi connectivity index (χ4n) is 4.97. The number of piperidine rings is 1. The summed E-state index contributed by atoms with van der Waals surface area (Å²) in [4.78, 5) is 14.9. The van der Waals surface area contributed by atoms with Gasteiger partial charge in [0, 0.05) is 31.6 Å². The minimum absolute atomic E-state index is 0. The van der Waals surface area contributed by atoms with Gasteiger partial charge in [0.2, 0.25) is 5.91 Å². The molecule has 3 atom stereocenters. The molecular formula is C20H29ClN2O. The van der Waals surface area contributed by atoms with Crippen LogP contribution in [0.4, 0.5) is 0 Å². The van der Waals surface area contributed by atoms with Gasteiger partial charge in [-0.2, -0.15) is 0 Å². The predicted molar refractivity (Wildman–Crippen MR) is 99.7 cm³/mol. The molecule has 0 radical (unpaired) electrons. The first-order chi connectivity index (χ1) is 11.2. The number of nitrogens with zero attached hydrogens (tertiary/aromatic N) is 1. The van der Waals surface area contributed by atoms with Gasteiger partial charge in [-0.25, -0.2) is 0 Å². The molecule has 1 aromatic carbocycles. The Morgan fingerprint density at radius 2 is 1.88 bits per heavy atom. The predicted octanol–water partition coefficient (Wildman–Crippen LogP) is 3.66. The number of halogens is 1. The molecule has 0 saturated carbocycles. The van der Waals surface area contributed by atoms with Crippen molar-refractivity contribution in [2.75, 3.05) is 7.05 Å². The van der Waals surface area contributed by atoms with Gasteiger partial charge in [-0.3, -0.25) is 4.79 Å². The third-order valence-corrected chi connectivity index (χ3v) is 6.30. The molecule has 4 heteroatoms. The summed E-state index contributed by atoms with van der Waals surface area (Å²) < 4.78 is 0. The molecule has 1 amide bonds. The van der Waals surface area contributed by atoms with Crippen LogP contribution in [0, 0.1) is 0 Å². The lowest BCUT2D eigenvalue weighted by Crippen LogP contribution is -2.49. The number of carbonyl (C=O) groups excluding carboxylic acids is 1. The molecule has 1 N–H and O–H groups in total. The maximum absolute atomic E-state index is 12.9. The van der Waals surface area contributed by atoms with Gasteiger partial charge in [0.1, 0.15) is 0 Å². The molecule has 1 aliphatic carbocycles. The molecule has 1 aromatic rings. The van der Waals surface area contributed by atoms with Crippen molar-refractivity contribution in [3.8, 4) is 0 Å². The quantitative estimate of drug-likeness (QED) is 0.904. The number of hydrogen-bond donors (Lipinski definition) is 1. The number of hydrogen-bond acceptors (Lipinski definition) is 2. The Labute approximate surface area is 151 Å². The van der Waals surface area contributed by atoms with Crippen LogP contribution in [0.15, 0.2) is 24.3 Å². The van der Waals surface area contributed by atoms with Gasteiger partial charge < -0.3 is 10.2 Å². The summed E-state index contributed by atoms with van der Waals surface area (Å²) >= 11 is 0. The summed E-state index contributed by atoms with van der Waals surface area (Å²) in [7, 11) is 2.03. The highest BCUT2D eigenvalue weighted by Gasteiger charge is 2.36. The van der Waals surface area contributed by atoms with Gasteiger partial charge in [0.15, 0.2) is 0 Å². The molecule has 24 heavy (non-hydrogen) atoms. The molecule has 2 aliphatic heterocycles. The van der Waals surface area contributed by atoms with Crippen molar-refractivity contribution >= 4 is 18.3 Å². The van der Waals surface area contributed by atoms with E-state index in [4.69, 9.17) is 0 Å². The zero-order chi connectivity index (χ0) is 15.8. The average Bonchev–Trinajstić information content (AvgIpc) is 2.92. The van der Waals surface area contributed by atoms with E-state index in [1.165, 1.54) is 36.8 Å². The fraction of sp³-hybridized carbons (Fsp3) is 0.650. The molecule has 2 fully saturated rings. The van der Waals surface area contributed by atoms with Crippen LogP contribution < -0.4 is 5.32 Å². The van der Waals surface area contributed by atoms with Gasteiger partial charge in [-0.15, -0.1) is 12.4 Å². The van der Waals surface area contributed by atoms with E-state index in [2.05, 4.69) is 34.5 Å².